The maximum atomic E-state index is 13.5. The summed E-state index contributed by atoms with van der Waals surface area (Å²) < 4.78 is 19.0. The molecule has 0 spiro atoms. The van der Waals surface area contributed by atoms with E-state index in [1.807, 2.05) is 19.1 Å². The average molecular weight is 244 g/mol. The van der Waals surface area contributed by atoms with Gasteiger partial charge in [-0.3, -0.25) is 0 Å². The van der Waals surface area contributed by atoms with Crippen molar-refractivity contribution in [3.63, 3.8) is 0 Å². The van der Waals surface area contributed by atoms with Crippen molar-refractivity contribution in [3.8, 4) is 5.75 Å². The first kappa shape index (κ1) is 12.6. The van der Waals surface area contributed by atoms with Crippen LogP contribution in [0.25, 0.3) is 0 Å². The molecule has 0 heterocycles. The minimum absolute atomic E-state index is 0.314. The van der Waals surface area contributed by atoms with Gasteiger partial charge < -0.3 is 4.74 Å². The maximum Gasteiger partial charge on any atom is 0.165 e. The van der Waals surface area contributed by atoms with Gasteiger partial charge in [-0.15, -0.1) is 0 Å². The highest BCUT2D eigenvalue weighted by atomic mass is 19.1. The molecule has 0 amide bonds. The highest BCUT2D eigenvalue weighted by molar-refractivity contribution is 5.30. The fraction of sp³-hybridized carbons (Fsp3) is 0.250. The monoisotopic (exact) mass is 244 g/mol. The second-order valence-corrected chi connectivity index (χ2v) is 4.39. The van der Waals surface area contributed by atoms with E-state index in [1.54, 1.807) is 12.1 Å². The number of hydrogen-bond acceptors (Lipinski definition) is 1. The van der Waals surface area contributed by atoms with Crippen molar-refractivity contribution in [1.82, 2.24) is 0 Å². The summed E-state index contributed by atoms with van der Waals surface area (Å²) in [4.78, 5) is 0. The van der Waals surface area contributed by atoms with Gasteiger partial charge in [-0.2, -0.15) is 0 Å². The minimum atomic E-state index is -0.314. The fourth-order valence-electron chi connectivity index (χ4n) is 1.75. The molecule has 0 fully saturated rings. The van der Waals surface area contributed by atoms with Crippen LogP contribution in [0, 0.1) is 12.7 Å². The molecule has 0 unspecified atom stereocenters. The van der Waals surface area contributed by atoms with Crippen LogP contribution in [0.2, 0.25) is 0 Å². The Labute approximate surface area is 107 Å². The van der Waals surface area contributed by atoms with E-state index in [2.05, 4.69) is 19.1 Å². The van der Waals surface area contributed by atoms with Crippen LogP contribution in [-0.2, 0) is 13.0 Å². The van der Waals surface area contributed by atoms with Gasteiger partial charge >= 0.3 is 0 Å². The molecular formula is C16H17FO. The Morgan fingerprint density at radius 2 is 1.67 bits per heavy atom. The number of halogens is 1. The van der Waals surface area contributed by atoms with E-state index >= 15 is 0 Å². The summed E-state index contributed by atoms with van der Waals surface area (Å²) in [7, 11) is 0. The number of hydrogen-bond donors (Lipinski definition) is 0. The van der Waals surface area contributed by atoms with E-state index in [9.17, 15) is 4.39 Å². The van der Waals surface area contributed by atoms with E-state index in [4.69, 9.17) is 4.74 Å². The Morgan fingerprint density at radius 1 is 1.00 bits per heavy atom. The third-order valence-corrected chi connectivity index (χ3v) is 2.91. The lowest BCUT2D eigenvalue weighted by molar-refractivity contribution is 0.290. The molecular weight excluding hydrogens is 227 g/mol. The van der Waals surface area contributed by atoms with Gasteiger partial charge in [-0.05, 0) is 42.2 Å². The molecule has 2 heteroatoms. The first-order valence-corrected chi connectivity index (χ1v) is 6.16. The lowest BCUT2D eigenvalue weighted by atomic mass is 10.1. The van der Waals surface area contributed by atoms with Crippen LogP contribution >= 0.6 is 0 Å². The summed E-state index contributed by atoms with van der Waals surface area (Å²) in [5.74, 6) is 0.000321. The second-order valence-electron chi connectivity index (χ2n) is 4.39. The minimum Gasteiger partial charge on any atom is -0.486 e. The van der Waals surface area contributed by atoms with Gasteiger partial charge in [0.25, 0.3) is 0 Å². The molecule has 0 atom stereocenters. The van der Waals surface area contributed by atoms with Gasteiger partial charge in [0, 0.05) is 0 Å². The lowest BCUT2D eigenvalue weighted by Gasteiger charge is -2.08. The van der Waals surface area contributed by atoms with E-state index in [1.165, 1.54) is 11.6 Å². The van der Waals surface area contributed by atoms with Gasteiger partial charge in [0.1, 0.15) is 6.61 Å². The summed E-state index contributed by atoms with van der Waals surface area (Å²) in [5.41, 5.74) is 3.33. The molecule has 18 heavy (non-hydrogen) atoms. The van der Waals surface area contributed by atoms with E-state index in [0.29, 0.717) is 12.4 Å². The van der Waals surface area contributed by atoms with Crippen LogP contribution in [0.4, 0.5) is 4.39 Å². The van der Waals surface area contributed by atoms with Crippen LogP contribution in [0.15, 0.2) is 42.5 Å². The van der Waals surface area contributed by atoms with Crippen LogP contribution in [0.1, 0.15) is 23.6 Å². The van der Waals surface area contributed by atoms with Gasteiger partial charge in [0.05, 0.1) is 0 Å². The molecule has 2 aromatic rings. The first-order chi connectivity index (χ1) is 8.69. The Balaban J connectivity index is 2.04. The summed E-state index contributed by atoms with van der Waals surface area (Å²) in [6, 6.07) is 13.1. The normalized spacial score (nSPS) is 10.4. The van der Waals surface area contributed by atoms with Crippen molar-refractivity contribution >= 4 is 0 Å². The molecule has 0 bridgehead atoms. The maximum absolute atomic E-state index is 13.5. The van der Waals surface area contributed by atoms with Crippen molar-refractivity contribution < 1.29 is 9.13 Å². The van der Waals surface area contributed by atoms with Crippen molar-refractivity contribution in [3.05, 3.63) is 65.0 Å². The predicted molar refractivity (Wildman–Crippen MR) is 71.3 cm³/mol. The zero-order chi connectivity index (χ0) is 13.0. The molecule has 2 rings (SSSR count). The number of benzene rings is 2. The molecule has 0 aliphatic rings. The molecule has 0 aliphatic carbocycles. The molecule has 0 aliphatic heterocycles. The third kappa shape index (κ3) is 3.10. The van der Waals surface area contributed by atoms with E-state index < -0.39 is 0 Å². The molecule has 0 saturated carbocycles. The molecule has 0 saturated heterocycles. The van der Waals surface area contributed by atoms with Crippen molar-refractivity contribution in [2.75, 3.05) is 0 Å². The van der Waals surface area contributed by atoms with Gasteiger partial charge in [0.15, 0.2) is 11.6 Å². The largest absolute Gasteiger partial charge is 0.486 e. The first-order valence-electron chi connectivity index (χ1n) is 6.16. The van der Waals surface area contributed by atoms with E-state index in [0.717, 1.165) is 17.5 Å². The smallest absolute Gasteiger partial charge is 0.165 e. The SMILES string of the molecule is CCc1ccc(COc2cc(C)ccc2F)cc1. The zero-order valence-electron chi connectivity index (χ0n) is 10.7. The quantitative estimate of drug-likeness (QED) is 0.780. The summed E-state index contributed by atoms with van der Waals surface area (Å²) in [6.07, 6.45) is 1.02. The lowest BCUT2D eigenvalue weighted by Crippen LogP contribution is -1.98. The van der Waals surface area contributed by atoms with Crippen molar-refractivity contribution in [2.24, 2.45) is 0 Å². The molecule has 0 N–H and O–H groups in total. The molecule has 0 radical (unpaired) electrons. The number of ether oxygens (including phenoxy) is 1. The molecule has 2 aromatic carbocycles. The second kappa shape index (κ2) is 5.67. The van der Waals surface area contributed by atoms with Crippen molar-refractivity contribution in [1.29, 1.82) is 0 Å². The Morgan fingerprint density at radius 3 is 2.33 bits per heavy atom. The zero-order valence-corrected chi connectivity index (χ0v) is 10.7. The van der Waals surface area contributed by atoms with Crippen LogP contribution in [-0.4, -0.2) is 0 Å². The third-order valence-electron chi connectivity index (χ3n) is 2.91. The van der Waals surface area contributed by atoms with Crippen LogP contribution < -0.4 is 4.74 Å². The fourth-order valence-corrected chi connectivity index (χ4v) is 1.75. The number of rotatable bonds is 4. The summed E-state index contributed by atoms with van der Waals surface area (Å²) in [5, 5.41) is 0. The standard InChI is InChI=1S/C16H17FO/c1-3-13-5-7-14(8-6-13)11-18-16-10-12(2)4-9-15(16)17/h4-10H,3,11H2,1-2H3. The average Bonchev–Trinajstić information content (AvgIpc) is 2.40. The van der Waals surface area contributed by atoms with Gasteiger partial charge in [0.2, 0.25) is 0 Å². The topological polar surface area (TPSA) is 9.23 Å². The van der Waals surface area contributed by atoms with Crippen LogP contribution in [0.3, 0.4) is 0 Å². The van der Waals surface area contributed by atoms with Gasteiger partial charge in [-0.1, -0.05) is 37.3 Å². The Kier molecular flexibility index (Phi) is 3.98. The van der Waals surface area contributed by atoms with Gasteiger partial charge in [-0.25, -0.2) is 4.39 Å². The van der Waals surface area contributed by atoms with Crippen LogP contribution in [0.5, 0.6) is 5.75 Å². The van der Waals surface area contributed by atoms with Crippen molar-refractivity contribution in [2.45, 2.75) is 26.9 Å². The summed E-state index contributed by atoms with van der Waals surface area (Å²) >= 11 is 0. The Bertz CT molecular complexity index is 517. The molecule has 0 aromatic heterocycles. The predicted octanol–water partition coefficient (Wildman–Crippen LogP) is 4.28. The highest BCUT2D eigenvalue weighted by Gasteiger charge is 2.03. The molecule has 94 valence electrons. The summed E-state index contributed by atoms with van der Waals surface area (Å²) in [6.45, 7) is 4.43. The molecule has 1 nitrogen and oxygen atoms in total. The van der Waals surface area contributed by atoms with E-state index in [-0.39, 0.29) is 5.82 Å². The highest BCUT2D eigenvalue weighted by Crippen LogP contribution is 2.19. The number of aryl methyl sites for hydroxylation is 2. The Hall–Kier alpha value is -1.83.